The lowest BCUT2D eigenvalue weighted by Gasteiger charge is -2.00. The Hall–Kier alpha value is -1.72. The summed E-state index contributed by atoms with van der Waals surface area (Å²) in [5, 5.41) is 18.9. The van der Waals surface area contributed by atoms with Crippen molar-refractivity contribution >= 4 is 12.1 Å². The standard InChI is InChI=1S/C5H4N2O4/c8-3-1-2-6-5(9)4(3)7(10)11/h2,8H,1H2. The summed E-state index contributed by atoms with van der Waals surface area (Å²) in [6.07, 6.45) is 1.08. The second-order valence-corrected chi connectivity index (χ2v) is 1.87. The lowest BCUT2D eigenvalue weighted by molar-refractivity contribution is -0.421. The van der Waals surface area contributed by atoms with Gasteiger partial charge < -0.3 is 5.11 Å². The fraction of sp³-hybridized carbons (Fsp3) is 0.200. The number of nitrogens with zero attached hydrogens (tertiary/aromatic N) is 2. The molecule has 0 saturated carbocycles. The molecule has 1 heterocycles. The first-order valence-electron chi connectivity index (χ1n) is 2.76. The van der Waals surface area contributed by atoms with Gasteiger partial charge in [0.2, 0.25) is 0 Å². The summed E-state index contributed by atoms with van der Waals surface area (Å²) in [5.74, 6) is -1.53. The zero-order valence-corrected chi connectivity index (χ0v) is 5.35. The zero-order chi connectivity index (χ0) is 8.43. The summed E-state index contributed by atoms with van der Waals surface area (Å²) < 4.78 is 0. The van der Waals surface area contributed by atoms with Crippen LogP contribution in [0.1, 0.15) is 6.42 Å². The van der Waals surface area contributed by atoms with E-state index >= 15 is 0 Å². The first-order valence-corrected chi connectivity index (χ1v) is 2.76. The van der Waals surface area contributed by atoms with Gasteiger partial charge in [-0.2, -0.15) is 0 Å². The SMILES string of the molecule is O=C1N=CCC(O)=C1[N+](=O)[O-]. The largest absolute Gasteiger partial charge is 0.505 e. The molecule has 0 bridgehead atoms. The monoisotopic (exact) mass is 156 g/mol. The third kappa shape index (κ3) is 1.23. The minimum Gasteiger partial charge on any atom is -0.505 e. The Labute approximate surface area is 61.0 Å². The van der Waals surface area contributed by atoms with Crippen LogP contribution in [0.4, 0.5) is 0 Å². The molecule has 0 fully saturated rings. The van der Waals surface area contributed by atoms with Gasteiger partial charge in [-0.3, -0.25) is 14.9 Å². The van der Waals surface area contributed by atoms with Crippen molar-refractivity contribution in [3.63, 3.8) is 0 Å². The molecule has 0 aliphatic carbocycles. The molecule has 0 radical (unpaired) electrons. The normalized spacial score (nSPS) is 17.3. The van der Waals surface area contributed by atoms with Crippen LogP contribution in [0.25, 0.3) is 0 Å². The number of allylic oxidation sites excluding steroid dienone is 1. The molecule has 0 unspecified atom stereocenters. The topological polar surface area (TPSA) is 92.8 Å². The number of hydrogen-bond acceptors (Lipinski definition) is 4. The van der Waals surface area contributed by atoms with Gasteiger partial charge in [-0.25, -0.2) is 4.99 Å². The van der Waals surface area contributed by atoms with Gasteiger partial charge in [0, 0.05) is 12.6 Å². The number of carbonyl (C=O) groups is 1. The summed E-state index contributed by atoms with van der Waals surface area (Å²) >= 11 is 0. The highest BCUT2D eigenvalue weighted by Gasteiger charge is 2.28. The molecule has 6 nitrogen and oxygen atoms in total. The third-order valence-corrected chi connectivity index (χ3v) is 1.15. The van der Waals surface area contributed by atoms with Gasteiger partial charge in [0.15, 0.2) is 5.76 Å². The summed E-state index contributed by atoms with van der Waals surface area (Å²) in [4.78, 5) is 22.9. The fourth-order valence-corrected chi connectivity index (χ4v) is 0.680. The van der Waals surface area contributed by atoms with Gasteiger partial charge in [0.25, 0.3) is 0 Å². The highest BCUT2D eigenvalue weighted by Crippen LogP contribution is 2.11. The Balaban J connectivity index is 3.05. The van der Waals surface area contributed by atoms with Crippen molar-refractivity contribution < 1.29 is 14.8 Å². The minimum atomic E-state index is -1.00. The number of carbonyl (C=O) groups excluding carboxylic acids is 1. The van der Waals surface area contributed by atoms with E-state index in [1.807, 2.05) is 0 Å². The molecule has 1 aliphatic rings. The van der Waals surface area contributed by atoms with E-state index in [9.17, 15) is 14.9 Å². The van der Waals surface area contributed by atoms with Gasteiger partial charge in [-0.15, -0.1) is 0 Å². The van der Waals surface area contributed by atoms with E-state index in [-0.39, 0.29) is 6.42 Å². The van der Waals surface area contributed by atoms with Crippen molar-refractivity contribution in [2.24, 2.45) is 4.99 Å². The Bertz CT molecular complexity index is 278. The predicted molar refractivity (Wildman–Crippen MR) is 34.8 cm³/mol. The summed E-state index contributed by atoms with van der Waals surface area (Å²) in [7, 11) is 0. The summed E-state index contributed by atoms with van der Waals surface area (Å²) in [5.41, 5.74) is -0.826. The molecule has 6 heteroatoms. The molecule has 1 rings (SSSR count). The molecule has 58 valence electrons. The van der Waals surface area contributed by atoms with Crippen molar-refractivity contribution in [1.29, 1.82) is 0 Å². The maximum absolute atomic E-state index is 10.6. The van der Waals surface area contributed by atoms with Crippen LogP contribution in [0.5, 0.6) is 0 Å². The van der Waals surface area contributed by atoms with E-state index in [1.54, 1.807) is 0 Å². The number of rotatable bonds is 1. The molecule has 11 heavy (non-hydrogen) atoms. The highest BCUT2D eigenvalue weighted by molar-refractivity contribution is 5.99. The van der Waals surface area contributed by atoms with Gasteiger partial charge in [0.1, 0.15) is 0 Å². The number of aliphatic hydroxyl groups excluding tert-OH is 1. The third-order valence-electron chi connectivity index (χ3n) is 1.15. The number of hydrogen-bond donors (Lipinski definition) is 1. The van der Waals surface area contributed by atoms with Crippen molar-refractivity contribution in [3.05, 3.63) is 21.6 Å². The Morgan fingerprint density at radius 2 is 2.36 bits per heavy atom. The molecule has 0 saturated heterocycles. The first kappa shape index (κ1) is 7.39. The van der Waals surface area contributed by atoms with E-state index in [0.29, 0.717) is 0 Å². The molecule has 0 aromatic heterocycles. The van der Waals surface area contributed by atoms with Crippen LogP contribution in [-0.4, -0.2) is 22.2 Å². The van der Waals surface area contributed by atoms with E-state index in [1.165, 1.54) is 0 Å². The molecule has 0 atom stereocenters. The lowest BCUT2D eigenvalue weighted by Crippen LogP contribution is -2.16. The van der Waals surface area contributed by atoms with Crippen LogP contribution in [0, 0.1) is 10.1 Å². The highest BCUT2D eigenvalue weighted by atomic mass is 16.6. The molecular formula is C5H4N2O4. The van der Waals surface area contributed by atoms with Crippen LogP contribution in [0.15, 0.2) is 16.4 Å². The van der Waals surface area contributed by atoms with E-state index < -0.39 is 22.3 Å². The van der Waals surface area contributed by atoms with Crippen LogP contribution >= 0.6 is 0 Å². The fourth-order valence-electron chi connectivity index (χ4n) is 0.680. The van der Waals surface area contributed by atoms with Crippen molar-refractivity contribution in [1.82, 2.24) is 0 Å². The Kier molecular flexibility index (Phi) is 1.67. The van der Waals surface area contributed by atoms with Crippen molar-refractivity contribution in [3.8, 4) is 0 Å². The second-order valence-electron chi connectivity index (χ2n) is 1.87. The van der Waals surface area contributed by atoms with Crippen molar-refractivity contribution in [2.75, 3.05) is 0 Å². The quantitative estimate of drug-likeness (QED) is 0.428. The number of dihydropyridines is 1. The van der Waals surface area contributed by atoms with Gasteiger partial charge in [0.05, 0.1) is 4.92 Å². The molecule has 1 amide bonds. The number of aliphatic hydroxyl groups is 1. The molecule has 1 aliphatic heterocycles. The lowest BCUT2D eigenvalue weighted by atomic mass is 10.2. The average molecular weight is 156 g/mol. The van der Waals surface area contributed by atoms with Gasteiger partial charge >= 0.3 is 11.6 Å². The number of nitro groups is 1. The van der Waals surface area contributed by atoms with Crippen molar-refractivity contribution in [2.45, 2.75) is 6.42 Å². The van der Waals surface area contributed by atoms with E-state index in [4.69, 9.17) is 5.11 Å². The minimum absolute atomic E-state index is 0.0535. The van der Waals surface area contributed by atoms with Crippen LogP contribution < -0.4 is 0 Å². The summed E-state index contributed by atoms with van der Waals surface area (Å²) in [6.45, 7) is 0. The van der Waals surface area contributed by atoms with Gasteiger partial charge in [-0.05, 0) is 0 Å². The van der Waals surface area contributed by atoms with Gasteiger partial charge in [-0.1, -0.05) is 0 Å². The molecule has 0 aromatic carbocycles. The number of aliphatic imine (C=N–C) groups is 1. The average Bonchev–Trinajstić information content (AvgIpc) is 1.85. The molecule has 0 spiro atoms. The maximum atomic E-state index is 10.6. The molecular weight excluding hydrogens is 152 g/mol. The molecule has 1 N–H and O–H groups in total. The molecule has 0 aromatic rings. The zero-order valence-electron chi connectivity index (χ0n) is 5.35. The Morgan fingerprint density at radius 1 is 1.73 bits per heavy atom. The van der Waals surface area contributed by atoms with Crippen LogP contribution in [0.3, 0.4) is 0 Å². The van der Waals surface area contributed by atoms with E-state index in [0.717, 1.165) is 6.21 Å². The summed E-state index contributed by atoms with van der Waals surface area (Å²) in [6, 6.07) is 0. The van der Waals surface area contributed by atoms with Crippen LogP contribution in [-0.2, 0) is 4.79 Å². The maximum Gasteiger partial charge on any atom is 0.373 e. The predicted octanol–water partition coefficient (Wildman–Crippen LogP) is 0.0338. The van der Waals surface area contributed by atoms with E-state index in [2.05, 4.69) is 4.99 Å². The van der Waals surface area contributed by atoms with Crippen LogP contribution in [0.2, 0.25) is 0 Å². The smallest absolute Gasteiger partial charge is 0.373 e. The number of amides is 1. The Morgan fingerprint density at radius 3 is 2.73 bits per heavy atom. The first-order chi connectivity index (χ1) is 5.13. The second kappa shape index (κ2) is 2.49.